The number of amides is 2. The SMILES string of the molecule is CCOc1cc2c(cc1O)CC[C@H]1[C@@H]3[C@@H](CCCC(=O)N4CCCCC4)CC(=O)[C@@]3(C)CC[C@H]21.CCOc1cc2c(cc1O)CC[C@H]1[C@@H]3[C@@H](CCCC(=O)NCCc4c[nH]c5c(C)cccc45)CC(=O)[C@@]3(C)CC[C@H]21. The normalized spacial score (nSPS) is 29.5. The molecule has 0 radical (unpaired) electrons. The zero-order chi connectivity index (χ0) is 52.6. The molecular weight excluding hydrogens is 939 g/mol. The zero-order valence-electron chi connectivity index (χ0n) is 45.7. The Balaban J connectivity index is 0.000000174. The van der Waals surface area contributed by atoms with Crippen molar-refractivity contribution in [2.75, 3.05) is 32.8 Å². The summed E-state index contributed by atoms with van der Waals surface area (Å²) in [5, 5.41) is 25.2. The number of ether oxygens (including phenoxy) is 2. The lowest BCUT2D eigenvalue weighted by Gasteiger charge is -2.50. The summed E-state index contributed by atoms with van der Waals surface area (Å²) in [5.41, 5.74) is 8.31. The molecule has 0 unspecified atom stereocenters. The fourth-order valence-corrected chi connectivity index (χ4v) is 16.7. The number of aromatic amines is 1. The maximum atomic E-state index is 13.4. The van der Waals surface area contributed by atoms with E-state index in [1.807, 2.05) is 30.9 Å². The Morgan fingerprint density at radius 2 is 1.29 bits per heavy atom. The van der Waals surface area contributed by atoms with Crippen LogP contribution in [0.1, 0.15) is 182 Å². The third-order valence-corrected chi connectivity index (χ3v) is 20.3. The topological polar surface area (TPSA) is 158 Å². The Kier molecular flexibility index (Phi) is 15.8. The molecule has 6 aliphatic carbocycles. The Hall–Kier alpha value is -5.32. The molecule has 1 aromatic heterocycles. The number of carbonyl (C=O) groups is 4. The molecule has 4 saturated carbocycles. The molecule has 0 spiro atoms. The predicted molar refractivity (Wildman–Crippen MR) is 293 cm³/mol. The standard InChI is InChI=1S/C35H44N2O4.C29H41NO4/c1-4-41-30-19-28-22(17-29(30)38)11-12-27-26(28)13-15-35(3)31(39)18-23(33(27)35)8-6-10-32(40)36-16-14-24-20-37-34-21(2)7-5-9-25(24)34;1-3-34-25-18-23-19(16-24(25)31)10-11-22-21(23)12-13-29(2)26(32)17-20(28(22)29)8-7-9-27(33)30-14-5-4-6-15-30/h5,7,9,17,19-20,23,26-27,33,37-38H,4,6,8,10-16,18H2,1-3H3,(H,36,40);16,18,20-22,28,31H,3-15,17H2,1-2H3/t23-,26-,27+,33-,35+;20-,21-,22+,28-,29+/m00/s1. The van der Waals surface area contributed by atoms with Crippen LogP contribution in [-0.2, 0) is 38.4 Å². The largest absolute Gasteiger partial charge is 0.504 e. The molecule has 1 aliphatic heterocycles. The van der Waals surface area contributed by atoms with Gasteiger partial charge in [-0.3, -0.25) is 19.2 Å². The maximum absolute atomic E-state index is 13.4. The van der Waals surface area contributed by atoms with Gasteiger partial charge in [-0.05, 0) is 228 Å². The summed E-state index contributed by atoms with van der Waals surface area (Å²) in [6, 6.07) is 14.3. The second kappa shape index (κ2) is 22.3. The number of hydrogen-bond donors (Lipinski definition) is 4. The first-order chi connectivity index (χ1) is 36.2. The van der Waals surface area contributed by atoms with Crippen LogP contribution in [0.3, 0.4) is 0 Å². The van der Waals surface area contributed by atoms with Gasteiger partial charge in [0.1, 0.15) is 11.6 Å². The molecule has 4 aromatic rings. The monoisotopic (exact) mass is 1020 g/mol. The van der Waals surface area contributed by atoms with E-state index in [0.717, 1.165) is 109 Å². The number of carbonyl (C=O) groups excluding carboxylic acids is 4. The first-order valence-electron chi connectivity index (χ1n) is 29.4. The van der Waals surface area contributed by atoms with Crippen LogP contribution < -0.4 is 14.8 Å². The molecule has 2 amide bonds. The Morgan fingerprint density at radius 3 is 1.84 bits per heavy atom. The van der Waals surface area contributed by atoms with Crippen molar-refractivity contribution in [3.63, 3.8) is 0 Å². The molecule has 0 bridgehead atoms. The van der Waals surface area contributed by atoms with Gasteiger partial charge in [0.05, 0.1) is 13.2 Å². The number of benzene rings is 3. The minimum Gasteiger partial charge on any atom is -0.504 e. The van der Waals surface area contributed by atoms with E-state index >= 15 is 0 Å². The maximum Gasteiger partial charge on any atom is 0.222 e. The molecule has 4 N–H and O–H groups in total. The first-order valence-corrected chi connectivity index (χ1v) is 29.4. The van der Waals surface area contributed by atoms with E-state index in [9.17, 15) is 29.4 Å². The van der Waals surface area contributed by atoms with Crippen LogP contribution in [0, 0.1) is 53.3 Å². The first kappa shape index (κ1) is 53.1. The van der Waals surface area contributed by atoms with Crippen molar-refractivity contribution < 1.29 is 38.9 Å². The highest BCUT2D eigenvalue weighted by Gasteiger charge is 2.60. The van der Waals surface area contributed by atoms with E-state index in [2.05, 4.69) is 67.6 Å². The predicted octanol–water partition coefficient (Wildman–Crippen LogP) is 12.4. The molecule has 2 heterocycles. The second-order valence-electron chi connectivity index (χ2n) is 24.4. The van der Waals surface area contributed by atoms with Crippen LogP contribution in [-0.4, -0.2) is 76.3 Å². The molecule has 3 aromatic carbocycles. The molecule has 11 rings (SSSR count). The molecule has 75 heavy (non-hydrogen) atoms. The van der Waals surface area contributed by atoms with E-state index in [4.69, 9.17) is 9.47 Å². The van der Waals surface area contributed by atoms with Crippen LogP contribution in [0.15, 0.2) is 48.7 Å². The van der Waals surface area contributed by atoms with Gasteiger partial charge in [-0.2, -0.15) is 0 Å². The number of rotatable bonds is 15. The van der Waals surface area contributed by atoms with Crippen LogP contribution >= 0.6 is 0 Å². The van der Waals surface area contributed by atoms with Gasteiger partial charge in [0.2, 0.25) is 11.8 Å². The number of Topliss-reactive ketones (excluding diaryl/α,β-unsaturated/α-hetero) is 2. The summed E-state index contributed by atoms with van der Waals surface area (Å²) in [6.45, 7) is 14.0. The number of piperidine rings is 1. The van der Waals surface area contributed by atoms with E-state index in [1.165, 1.54) is 50.7 Å². The van der Waals surface area contributed by atoms with E-state index < -0.39 is 0 Å². The minimum absolute atomic E-state index is 0.101. The molecule has 404 valence electrons. The zero-order valence-corrected chi connectivity index (χ0v) is 45.7. The van der Waals surface area contributed by atoms with E-state index in [-0.39, 0.29) is 28.2 Å². The van der Waals surface area contributed by atoms with Gasteiger partial charge in [-0.15, -0.1) is 0 Å². The lowest BCUT2D eigenvalue weighted by atomic mass is 9.54. The Morgan fingerprint density at radius 1 is 0.747 bits per heavy atom. The lowest BCUT2D eigenvalue weighted by Crippen LogP contribution is -2.44. The summed E-state index contributed by atoms with van der Waals surface area (Å²) in [7, 11) is 0. The highest BCUT2D eigenvalue weighted by Crippen LogP contribution is 2.64. The molecule has 1 saturated heterocycles. The quantitative estimate of drug-likeness (QED) is 0.0916. The summed E-state index contributed by atoms with van der Waals surface area (Å²) in [5.74, 6) is 6.23. The fraction of sp³-hybridized carbons (Fsp3) is 0.625. The number of phenols is 2. The average molecular weight is 1020 g/mol. The second-order valence-corrected chi connectivity index (χ2v) is 24.4. The number of fused-ring (bicyclic) bond motifs is 11. The third kappa shape index (κ3) is 10.4. The molecule has 7 aliphatic rings. The van der Waals surface area contributed by atoms with Crippen LogP contribution in [0.25, 0.3) is 10.9 Å². The van der Waals surface area contributed by atoms with Gasteiger partial charge in [0.25, 0.3) is 0 Å². The Bertz CT molecular complexity index is 2760. The number of ketones is 2. The number of aromatic nitrogens is 1. The van der Waals surface area contributed by atoms with E-state index in [0.29, 0.717) is 122 Å². The van der Waals surface area contributed by atoms with Crippen LogP contribution in [0.4, 0.5) is 0 Å². The highest BCUT2D eigenvalue weighted by atomic mass is 16.5. The molecule has 10 atom stereocenters. The summed E-state index contributed by atoms with van der Waals surface area (Å²) in [6.07, 6.45) is 20.4. The minimum atomic E-state index is -0.247. The van der Waals surface area contributed by atoms with Gasteiger partial charge >= 0.3 is 0 Å². The van der Waals surface area contributed by atoms with Gasteiger partial charge < -0.3 is 34.9 Å². The number of aryl methyl sites for hydroxylation is 3. The van der Waals surface area contributed by atoms with Crippen molar-refractivity contribution in [2.45, 2.75) is 175 Å². The number of phenolic OH excluding ortho intramolecular Hbond substituents is 2. The Labute approximate surface area is 445 Å². The van der Waals surface area contributed by atoms with Crippen LogP contribution in [0.2, 0.25) is 0 Å². The summed E-state index contributed by atoms with van der Waals surface area (Å²) < 4.78 is 11.4. The van der Waals surface area contributed by atoms with Gasteiger partial charge in [0, 0.05) is 73.2 Å². The van der Waals surface area contributed by atoms with Gasteiger partial charge in [-0.25, -0.2) is 0 Å². The van der Waals surface area contributed by atoms with Gasteiger partial charge in [-0.1, -0.05) is 32.0 Å². The highest BCUT2D eigenvalue weighted by molar-refractivity contribution is 5.89. The number of hydrogen-bond acceptors (Lipinski definition) is 8. The molecular formula is C64H85N3O8. The summed E-state index contributed by atoms with van der Waals surface area (Å²) >= 11 is 0. The fourth-order valence-electron chi connectivity index (χ4n) is 16.7. The van der Waals surface area contributed by atoms with Crippen LogP contribution in [0.5, 0.6) is 23.0 Å². The molecule has 11 heteroatoms. The summed E-state index contributed by atoms with van der Waals surface area (Å²) in [4.78, 5) is 57.5. The lowest BCUT2D eigenvalue weighted by molar-refractivity contribution is -0.132. The number of aromatic hydroxyl groups is 2. The smallest absolute Gasteiger partial charge is 0.222 e. The number of likely N-dealkylation sites (tertiary alicyclic amines) is 1. The van der Waals surface area contributed by atoms with E-state index in [1.54, 1.807) is 0 Å². The van der Waals surface area contributed by atoms with Crippen molar-refractivity contribution in [1.82, 2.24) is 15.2 Å². The molecule has 5 fully saturated rings. The average Bonchev–Trinajstić information content (AvgIpc) is 4.03. The van der Waals surface area contributed by atoms with Gasteiger partial charge in [0.15, 0.2) is 23.0 Å². The number of nitrogens with one attached hydrogen (secondary N) is 2. The third-order valence-electron chi connectivity index (χ3n) is 20.3. The molecule has 11 nitrogen and oxygen atoms in total. The number of nitrogens with zero attached hydrogens (tertiary/aromatic N) is 1. The van der Waals surface area contributed by atoms with Crippen molar-refractivity contribution >= 4 is 34.3 Å². The van der Waals surface area contributed by atoms with Crippen molar-refractivity contribution in [2.24, 2.45) is 46.3 Å². The number of H-pyrrole nitrogens is 1. The van der Waals surface area contributed by atoms with Crippen molar-refractivity contribution in [3.8, 4) is 23.0 Å². The van der Waals surface area contributed by atoms with Crippen molar-refractivity contribution in [3.05, 3.63) is 82.0 Å². The van der Waals surface area contributed by atoms with Crippen molar-refractivity contribution in [1.29, 1.82) is 0 Å². The number of para-hydroxylation sites is 1.